The zero-order valence-corrected chi connectivity index (χ0v) is 17.1. The number of carbonyl (C=O) groups excluding carboxylic acids is 1. The Morgan fingerprint density at radius 1 is 1.17 bits per heavy atom. The Kier molecular flexibility index (Phi) is 5.94. The number of rotatable bonds is 5. The average molecular weight is 418 g/mol. The number of hydrazine groups is 1. The maximum Gasteiger partial charge on any atom is 0.231 e. The lowest BCUT2D eigenvalue weighted by Crippen LogP contribution is -2.46. The van der Waals surface area contributed by atoms with E-state index < -0.39 is 0 Å². The number of fused-ring (bicyclic) bond motifs is 1. The van der Waals surface area contributed by atoms with Gasteiger partial charge in [0.05, 0.1) is 19.0 Å². The number of halogens is 1. The molecule has 1 amide bonds. The number of hydrogen-bond donors (Lipinski definition) is 3. The Balaban J connectivity index is 1.67. The molecule has 154 valence electrons. The number of hydrogen-bond acceptors (Lipinski definition) is 6. The van der Waals surface area contributed by atoms with E-state index in [-0.39, 0.29) is 35.1 Å². The molecule has 2 heterocycles. The number of methoxy groups -OCH3 is 1. The summed E-state index contributed by atoms with van der Waals surface area (Å²) in [4.78, 5) is 12.2. The summed E-state index contributed by atoms with van der Waals surface area (Å²) in [5.74, 6) is 1.53. The van der Waals surface area contributed by atoms with Crippen molar-refractivity contribution in [3.8, 4) is 11.5 Å². The zero-order chi connectivity index (χ0) is 20.4. The fraction of sp³-hybridized carbons (Fsp3) is 0.381. The fourth-order valence-electron chi connectivity index (χ4n) is 3.87. The summed E-state index contributed by atoms with van der Waals surface area (Å²) in [5, 5.41) is 3.06. The quantitative estimate of drug-likeness (QED) is 0.695. The number of thioether (sulfide) groups is 1. The van der Waals surface area contributed by atoms with Crippen molar-refractivity contribution in [2.24, 2.45) is 5.92 Å². The SMILES string of the molecule is COc1cccc(C2SCC(=O)NC3NNC(C)C32)c1OCc1ccc(F)cc1. The molecule has 2 aromatic carbocycles. The van der Waals surface area contributed by atoms with Gasteiger partial charge in [-0.1, -0.05) is 24.3 Å². The Hall–Kier alpha value is -2.29. The highest BCUT2D eigenvalue weighted by Crippen LogP contribution is 2.47. The monoisotopic (exact) mass is 417 g/mol. The summed E-state index contributed by atoms with van der Waals surface area (Å²) in [6.07, 6.45) is -0.159. The van der Waals surface area contributed by atoms with E-state index in [0.717, 1.165) is 11.1 Å². The molecule has 4 atom stereocenters. The van der Waals surface area contributed by atoms with E-state index in [9.17, 15) is 9.18 Å². The first-order valence-electron chi connectivity index (χ1n) is 9.53. The van der Waals surface area contributed by atoms with Crippen molar-refractivity contribution >= 4 is 17.7 Å². The number of benzene rings is 2. The largest absolute Gasteiger partial charge is 0.493 e. The van der Waals surface area contributed by atoms with Gasteiger partial charge in [0.2, 0.25) is 5.91 Å². The zero-order valence-electron chi connectivity index (χ0n) is 16.3. The van der Waals surface area contributed by atoms with Crippen LogP contribution >= 0.6 is 11.8 Å². The van der Waals surface area contributed by atoms with E-state index in [0.29, 0.717) is 23.9 Å². The third-order valence-electron chi connectivity index (χ3n) is 5.32. The van der Waals surface area contributed by atoms with Crippen LogP contribution in [0.15, 0.2) is 42.5 Å². The summed E-state index contributed by atoms with van der Waals surface area (Å²) >= 11 is 1.61. The van der Waals surface area contributed by atoms with Gasteiger partial charge in [0, 0.05) is 22.8 Å². The van der Waals surface area contributed by atoms with E-state index in [4.69, 9.17) is 9.47 Å². The maximum absolute atomic E-state index is 13.2. The van der Waals surface area contributed by atoms with Crippen LogP contribution in [0.1, 0.15) is 23.3 Å². The minimum atomic E-state index is -0.278. The van der Waals surface area contributed by atoms with Crippen molar-refractivity contribution in [3.63, 3.8) is 0 Å². The molecule has 3 N–H and O–H groups in total. The van der Waals surface area contributed by atoms with Crippen LogP contribution in [0, 0.1) is 11.7 Å². The summed E-state index contributed by atoms with van der Waals surface area (Å²) in [6.45, 7) is 2.39. The standard InChI is InChI=1S/C21H24FN3O3S/c1-12-18-20(29-11-17(26)23-21(18)25-24-12)15-4-3-5-16(27-2)19(15)28-10-13-6-8-14(22)9-7-13/h3-9,12,18,20-21,24-25H,10-11H2,1-2H3,(H,23,26). The molecule has 0 spiro atoms. The van der Waals surface area contributed by atoms with E-state index in [1.54, 1.807) is 31.0 Å². The first-order valence-corrected chi connectivity index (χ1v) is 10.6. The molecular formula is C21H24FN3O3S. The minimum absolute atomic E-state index is 0.00702. The Morgan fingerprint density at radius 2 is 1.97 bits per heavy atom. The summed E-state index contributed by atoms with van der Waals surface area (Å²) < 4.78 is 24.9. The Morgan fingerprint density at radius 3 is 2.72 bits per heavy atom. The van der Waals surface area contributed by atoms with Crippen LogP contribution in [0.3, 0.4) is 0 Å². The number of nitrogens with one attached hydrogen (secondary N) is 3. The van der Waals surface area contributed by atoms with Gasteiger partial charge in [0.25, 0.3) is 0 Å². The van der Waals surface area contributed by atoms with Gasteiger partial charge in [-0.25, -0.2) is 9.82 Å². The molecule has 0 saturated carbocycles. The molecule has 2 aliphatic rings. The molecule has 4 rings (SSSR count). The third kappa shape index (κ3) is 4.19. The van der Waals surface area contributed by atoms with E-state index in [2.05, 4.69) is 23.1 Å². The number of para-hydroxylation sites is 1. The van der Waals surface area contributed by atoms with Gasteiger partial charge in [-0.2, -0.15) is 0 Å². The van der Waals surface area contributed by atoms with Crippen LogP contribution in [-0.4, -0.2) is 31.0 Å². The van der Waals surface area contributed by atoms with Crippen molar-refractivity contribution in [1.82, 2.24) is 16.2 Å². The molecule has 2 saturated heterocycles. The van der Waals surface area contributed by atoms with Crippen molar-refractivity contribution in [2.75, 3.05) is 12.9 Å². The molecular weight excluding hydrogens is 393 g/mol. The highest BCUT2D eigenvalue weighted by molar-refractivity contribution is 8.00. The summed E-state index contributed by atoms with van der Waals surface area (Å²) in [6, 6.07) is 12.2. The van der Waals surface area contributed by atoms with Gasteiger partial charge >= 0.3 is 0 Å². The highest BCUT2D eigenvalue weighted by atomic mass is 32.2. The first-order chi connectivity index (χ1) is 14.1. The summed E-state index contributed by atoms with van der Waals surface area (Å²) in [5.41, 5.74) is 8.27. The molecule has 2 fully saturated rings. The van der Waals surface area contributed by atoms with Gasteiger partial charge in [0.1, 0.15) is 12.4 Å². The van der Waals surface area contributed by atoms with Gasteiger partial charge in [0.15, 0.2) is 11.5 Å². The lowest BCUT2D eigenvalue weighted by atomic mass is 9.90. The van der Waals surface area contributed by atoms with Crippen molar-refractivity contribution in [1.29, 1.82) is 0 Å². The molecule has 2 aromatic rings. The molecule has 0 aromatic heterocycles. The van der Waals surface area contributed by atoms with Crippen molar-refractivity contribution in [3.05, 3.63) is 59.4 Å². The Bertz CT molecular complexity index is 880. The molecule has 0 bridgehead atoms. The smallest absolute Gasteiger partial charge is 0.231 e. The molecule has 0 aliphatic carbocycles. The number of ether oxygens (including phenoxy) is 2. The van der Waals surface area contributed by atoms with Crippen LogP contribution in [0.2, 0.25) is 0 Å². The van der Waals surface area contributed by atoms with Gasteiger partial charge < -0.3 is 14.8 Å². The molecule has 6 nitrogen and oxygen atoms in total. The lowest BCUT2D eigenvalue weighted by Gasteiger charge is -2.29. The third-order valence-corrected chi connectivity index (χ3v) is 6.68. The minimum Gasteiger partial charge on any atom is -0.493 e. The molecule has 8 heteroatoms. The molecule has 4 unspecified atom stereocenters. The summed E-state index contributed by atoms with van der Waals surface area (Å²) in [7, 11) is 1.61. The maximum atomic E-state index is 13.2. The predicted octanol–water partition coefficient (Wildman–Crippen LogP) is 2.76. The van der Waals surface area contributed by atoms with Gasteiger partial charge in [-0.3, -0.25) is 10.2 Å². The normalized spacial score (nSPS) is 26.4. The lowest BCUT2D eigenvalue weighted by molar-refractivity contribution is -0.119. The van der Waals surface area contributed by atoms with Crippen LogP contribution in [0.25, 0.3) is 0 Å². The van der Waals surface area contributed by atoms with Crippen LogP contribution in [-0.2, 0) is 11.4 Å². The second-order valence-electron chi connectivity index (χ2n) is 7.23. The number of carbonyl (C=O) groups is 1. The van der Waals surface area contributed by atoms with E-state index in [1.165, 1.54) is 12.1 Å². The van der Waals surface area contributed by atoms with Crippen molar-refractivity contribution < 1.29 is 18.7 Å². The van der Waals surface area contributed by atoms with Crippen molar-refractivity contribution in [2.45, 2.75) is 31.0 Å². The van der Waals surface area contributed by atoms with Crippen LogP contribution in [0.5, 0.6) is 11.5 Å². The van der Waals surface area contributed by atoms with Gasteiger partial charge in [-0.05, 0) is 30.7 Å². The molecule has 29 heavy (non-hydrogen) atoms. The highest BCUT2D eigenvalue weighted by Gasteiger charge is 2.44. The second-order valence-corrected chi connectivity index (χ2v) is 8.36. The first kappa shape index (κ1) is 20.0. The molecule has 0 radical (unpaired) electrons. The van der Waals surface area contributed by atoms with Gasteiger partial charge in [-0.15, -0.1) is 11.8 Å². The fourth-order valence-corrected chi connectivity index (χ4v) is 5.26. The predicted molar refractivity (Wildman–Crippen MR) is 110 cm³/mol. The molecule has 2 aliphatic heterocycles. The Labute approximate surface area is 173 Å². The van der Waals surface area contributed by atoms with E-state index in [1.807, 2.05) is 18.2 Å². The second kappa shape index (κ2) is 8.61. The average Bonchev–Trinajstić information content (AvgIpc) is 2.98. The van der Waals surface area contributed by atoms with Crippen LogP contribution in [0.4, 0.5) is 4.39 Å². The topological polar surface area (TPSA) is 71.6 Å². The number of amides is 1. The van der Waals surface area contributed by atoms with Crippen LogP contribution < -0.4 is 25.6 Å². The van der Waals surface area contributed by atoms with E-state index >= 15 is 0 Å².